The van der Waals surface area contributed by atoms with Crippen molar-refractivity contribution in [2.24, 2.45) is 0 Å². The van der Waals surface area contributed by atoms with Crippen molar-refractivity contribution in [3.63, 3.8) is 0 Å². The van der Waals surface area contributed by atoms with Gasteiger partial charge in [0, 0.05) is 19.5 Å². The van der Waals surface area contributed by atoms with Gasteiger partial charge in [-0.05, 0) is 0 Å². The number of hydrogen-bond donors (Lipinski definition) is 3. The van der Waals surface area contributed by atoms with E-state index in [1.165, 1.54) is 0 Å². The molecule has 1 aliphatic rings. The third-order valence-electron chi connectivity index (χ3n) is 1.51. The van der Waals surface area contributed by atoms with Gasteiger partial charge in [-0.3, -0.25) is 4.79 Å². The number of amides is 1. The Kier molecular flexibility index (Phi) is 2.43. The Morgan fingerprint density at radius 3 is 3.00 bits per heavy atom. The van der Waals surface area contributed by atoms with Crippen LogP contribution in [0, 0.1) is 0 Å². The van der Waals surface area contributed by atoms with Crippen molar-refractivity contribution in [3.05, 3.63) is 0 Å². The Bertz CT molecular complexity index is 181. The van der Waals surface area contributed by atoms with Crippen LogP contribution < -0.4 is 10.6 Å². The van der Waals surface area contributed by atoms with Gasteiger partial charge >= 0.3 is 5.97 Å². The van der Waals surface area contributed by atoms with Gasteiger partial charge in [0.1, 0.15) is 6.04 Å². The summed E-state index contributed by atoms with van der Waals surface area (Å²) in [7, 11) is 0. The standard InChI is InChI=1S/C6H10N2O3/c9-5-1-2-7-3-4(8-5)6(10)11/h4,7H,1-3H2,(H,8,9)(H,10,11). The Hall–Kier alpha value is -1.10. The van der Waals surface area contributed by atoms with Crippen molar-refractivity contribution in [2.45, 2.75) is 12.5 Å². The van der Waals surface area contributed by atoms with Crippen LogP contribution in [0.15, 0.2) is 0 Å². The highest BCUT2D eigenvalue weighted by molar-refractivity contribution is 5.84. The highest BCUT2D eigenvalue weighted by atomic mass is 16.4. The SMILES string of the molecule is O=C1CCNCC(C(=O)O)N1. The predicted octanol–water partition coefficient (Wildman–Crippen LogP) is -1.45. The highest BCUT2D eigenvalue weighted by Gasteiger charge is 2.21. The normalized spacial score (nSPS) is 25.5. The van der Waals surface area contributed by atoms with E-state index in [2.05, 4.69) is 10.6 Å². The number of nitrogens with one attached hydrogen (secondary N) is 2. The number of hydrogen-bond acceptors (Lipinski definition) is 3. The lowest BCUT2D eigenvalue weighted by atomic mass is 10.3. The van der Waals surface area contributed by atoms with E-state index in [0.29, 0.717) is 19.5 Å². The molecule has 1 amide bonds. The van der Waals surface area contributed by atoms with Crippen molar-refractivity contribution in [1.82, 2.24) is 10.6 Å². The van der Waals surface area contributed by atoms with E-state index in [0.717, 1.165) is 0 Å². The number of carboxylic acids is 1. The van der Waals surface area contributed by atoms with E-state index in [4.69, 9.17) is 5.11 Å². The number of carboxylic acid groups (broad SMARTS) is 1. The molecule has 0 aliphatic carbocycles. The minimum Gasteiger partial charge on any atom is -0.480 e. The fourth-order valence-electron chi connectivity index (χ4n) is 0.915. The summed E-state index contributed by atoms with van der Waals surface area (Å²) in [5.74, 6) is -1.20. The summed E-state index contributed by atoms with van der Waals surface area (Å²) in [6, 6.07) is -0.773. The van der Waals surface area contributed by atoms with Crippen molar-refractivity contribution in [2.75, 3.05) is 13.1 Å². The van der Waals surface area contributed by atoms with E-state index >= 15 is 0 Å². The lowest BCUT2D eigenvalue weighted by molar-refractivity contribution is -0.141. The van der Waals surface area contributed by atoms with Gasteiger partial charge in [-0.2, -0.15) is 0 Å². The van der Waals surface area contributed by atoms with E-state index in [1.807, 2.05) is 0 Å². The van der Waals surface area contributed by atoms with Crippen LogP contribution in [0.25, 0.3) is 0 Å². The largest absolute Gasteiger partial charge is 0.480 e. The first-order chi connectivity index (χ1) is 5.20. The molecule has 1 aliphatic heterocycles. The third-order valence-corrected chi connectivity index (χ3v) is 1.51. The van der Waals surface area contributed by atoms with Crippen LogP contribution in [0.1, 0.15) is 6.42 Å². The van der Waals surface area contributed by atoms with Crippen LogP contribution >= 0.6 is 0 Å². The fraction of sp³-hybridized carbons (Fsp3) is 0.667. The van der Waals surface area contributed by atoms with Gasteiger partial charge in [0.2, 0.25) is 5.91 Å². The van der Waals surface area contributed by atoms with Crippen molar-refractivity contribution in [3.8, 4) is 0 Å². The Morgan fingerprint density at radius 2 is 2.36 bits per heavy atom. The lowest BCUT2D eigenvalue weighted by Gasteiger charge is -2.08. The quantitative estimate of drug-likeness (QED) is 0.436. The molecule has 0 aromatic heterocycles. The summed E-state index contributed by atoms with van der Waals surface area (Å²) in [6.45, 7) is 0.858. The zero-order chi connectivity index (χ0) is 8.27. The second-order valence-corrected chi connectivity index (χ2v) is 2.41. The van der Waals surface area contributed by atoms with Crippen molar-refractivity contribution >= 4 is 11.9 Å². The maximum atomic E-state index is 10.8. The van der Waals surface area contributed by atoms with Gasteiger partial charge in [-0.15, -0.1) is 0 Å². The van der Waals surface area contributed by atoms with Gasteiger partial charge in [-0.25, -0.2) is 4.79 Å². The summed E-state index contributed by atoms with van der Waals surface area (Å²) >= 11 is 0. The number of carbonyl (C=O) groups is 2. The number of aliphatic carboxylic acids is 1. The molecule has 3 N–H and O–H groups in total. The summed E-state index contributed by atoms with van der Waals surface area (Å²) in [5, 5.41) is 13.7. The smallest absolute Gasteiger partial charge is 0.327 e. The summed E-state index contributed by atoms with van der Waals surface area (Å²) < 4.78 is 0. The Labute approximate surface area is 63.8 Å². The average Bonchev–Trinajstić information content (AvgIpc) is 2.13. The van der Waals surface area contributed by atoms with E-state index < -0.39 is 12.0 Å². The Balaban J connectivity index is 2.52. The molecule has 0 bridgehead atoms. The molecule has 0 saturated carbocycles. The molecule has 1 fully saturated rings. The molecule has 0 spiro atoms. The second-order valence-electron chi connectivity index (χ2n) is 2.41. The number of rotatable bonds is 1. The molecule has 1 unspecified atom stereocenters. The first-order valence-electron chi connectivity index (χ1n) is 3.43. The highest BCUT2D eigenvalue weighted by Crippen LogP contribution is 1.90. The summed E-state index contributed by atoms with van der Waals surface area (Å²) in [5.41, 5.74) is 0. The lowest BCUT2D eigenvalue weighted by Crippen LogP contribution is -2.43. The zero-order valence-corrected chi connectivity index (χ0v) is 5.96. The second kappa shape index (κ2) is 3.34. The van der Waals surface area contributed by atoms with Crippen LogP contribution in [0.2, 0.25) is 0 Å². The molecule has 1 rings (SSSR count). The summed E-state index contributed by atoms with van der Waals surface area (Å²) in [6.07, 6.45) is 0.351. The van der Waals surface area contributed by atoms with Crippen LogP contribution in [0.5, 0.6) is 0 Å². The molecule has 0 aromatic carbocycles. The van der Waals surface area contributed by atoms with Crippen molar-refractivity contribution < 1.29 is 14.7 Å². The van der Waals surface area contributed by atoms with E-state index in [1.54, 1.807) is 0 Å². The molecule has 1 atom stereocenters. The maximum absolute atomic E-state index is 10.8. The molecule has 11 heavy (non-hydrogen) atoms. The van der Waals surface area contributed by atoms with Gasteiger partial charge in [-0.1, -0.05) is 0 Å². The molecular weight excluding hydrogens is 148 g/mol. The molecule has 5 nitrogen and oxygen atoms in total. The topological polar surface area (TPSA) is 78.4 Å². The molecule has 0 aromatic rings. The van der Waals surface area contributed by atoms with Gasteiger partial charge in [0.15, 0.2) is 0 Å². The molecule has 1 heterocycles. The first-order valence-corrected chi connectivity index (χ1v) is 3.43. The average molecular weight is 158 g/mol. The zero-order valence-electron chi connectivity index (χ0n) is 5.96. The van der Waals surface area contributed by atoms with Crippen LogP contribution in [0.3, 0.4) is 0 Å². The molecule has 1 saturated heterocycles. The van der Waals surface area contributed by atoms with E-state index in [-0.39, 0.29) is 5.91 Å². The summed E-state index contributed by atoms with van der Waals surface area (Å²) in [4.78, 5) is 21.2. The van der Waals surface area contributed by atoms with Crippen LogP contribution in [0.4, 0.5) is 0 Å². The monoisotopic (exact) mass is 158 g/mol. The number of carbonyl (C=O) groups excluding carboxylic acids is 1. The first kappa shape index (κ1) is 8.00. The minimum absolute atomic E-state index is 0.206. The fourth-order valence-corrected chi connectivity index (χ4v) is 0.915. The van der Waals surface area contributed by atoms with Crippen molar-refractivity contribution in [1.29, 1.82) is 0 Å². The molecular formula is C6H10N2O3. The molecule has 0 radical (unpaired) electrons. The van der Waals surface area contributed by atoms with Gasteiger partial charge < -0.3 is 15.7 Å². The van der Waals surface area contributed by atoms with Gasteiger partial charge in [0.05, 0.1) is 0 Å². The predicted molar refractivity (Wildman–Crippen MR) is 37.1 cm³/mol. The minimum atomic E-state index is -0.993. The van der Waals surface area contributed by atoms with Crippen LogP contribution in [-0.2, 0) is 9.59 Å². The molecule has 5 heteroatoms. The van der Waals surface area contributed by atoms with E-state index in [9.17, 15) is 9.59 Å². The van der Waals surface area contributed by atoms with Gasteiger partial charge in [0.25, 0.3) is 0 Å². The van der Waals surface area contributed by atoms with Crippen LogP contribution in [-0.4, -0.2) is 36.1 Å². The maximum Gasteiger partial charge on any atom is 0.327 e. The Morgan fingerprint density at radius 1 is 1.64 bits per heavy atom. The third kappa shape index (κ3) is 2.19. The molecule has 62 valence electrons.